The van der Waals surface area contributed by atoms with Gasteiger partial charge in [0.1, 0.15) is 12.4 Å². The predicted molar refractivity (Wildman–Crippen MR) is 61.8 cm³/mol. The summed E-state index contributed by atoms with van der Waals surface area (Å²) in [5.74, 6) is 1.15. The monoisotopic (exact) mass is 280 g/mol. The highest BCUT2D eigenvalue weighted by Crippen LogP contribution is 2.13. The van der Waals surface area contributed by atoms with Gasteiger partial charge in [0.15, 0.2) is 0 Å². The minimum Gasteiger partial charge on any atom is -1.00 e. The lowest BCUT2D eigenvalue weighted by Gasteiger charge is -2.20. The second-order valence-electron chi connectivity index (χ2n) is 3.58. The molecule has 0 radical (unpaired) electrons. The van der Waals surface area contributed by atoms with E-state index in [1.54, 1.807) is 21.3 Å². The van der Waals surface area contributed by atoms with Gasteiger partial charge in [0.05, 0.1) is 7.05 Å². The van der Waals surface area contributed by atoms with Gasteiger partial charge in [0.25, 0.3) is 0 Å². The van der Waals surface area contributed by atoms with Gasteiger partial charge in [-0.2, -0.15) is 0 Å². The van der Waals surface area contributed by atoms with Crippen LogP contribution in [0.5, 0.6) is 0 Å². The molecule has 0 saturated heterocycles. The van der Waals surface area contributed by atoms with Gasteiger partial charge in [-0.1, -0.05) is 6.92 Å². The molecular weight excluding hydrogens is 260 g/mol. The molecule has 1 aromatic rings. The van der Waals surface area contributed by atoms with Crippen LogP contribution >= 0.6 is 0 Å². The molecular formula is C10H21ClN2O3Si. The summed E-state index contributed by atoms with van der Waals surface area (Å²) >= 11 is 0. The summed E-state index contributed by atoms with van der Waals surface area (Å²) in [5, 5.41) is 0. The summed E-state index contributed by atoms with van der Waals surface area (Å²) in [5.41, 5.74) is 0. The van der Waals surface area contributed by atoms with E-state index in [4.69, 9.17) is 13.3 Å². The highest BCUT2D eigenvalue weighted by Gasteiger charge is 2.52. The Hall–Kier alpha value is -0.403. The number of aryl methyl sites for hydroxylation is 1. The lowest BCUT2D eigenvalue weighted by Crippen LogP contribution is -3.00. The molecule has 0 aliphatic carbocycles. The molecule has 0 aliphatic heterocycles. The predicted octanol–water partition coefficient (Wildman–Crippen LogP) is -2.51. The van der Waals surface area contributed by atoms with Gasteiger partial charge in [-0.3, -0.25) is 0 Å². The molecule has 0 unspecified atom stereocenters. The van der Waals surface area contributed by atoms with Crippen LogP contribution in [0.1, 0.15) is 19.2 Å². The summed E-state index contributed by atoms with van der Waals surface area (Å²) in [7, 11) is 4.12. The molecule has 1 aromatic heterocycles. The van der Waals surface area contributed by atoms with Crippen molar-refractivity contribution in [2.24, 2.45) is 7.05 Å². The van der Waals surface area contributed by atoms with Crippen LogP contribution < -0.4 is 17.0 Å². The molecule has 0 aromatic carbocycles. The van der Waals surface area contributed by atoms with Crippen molar-refractivity contribution in [3.63, 3.8) is 0 Å². The molecule has 0 bridgehead atoms. The van der Waals surface area contributed by atoms with Crippen LogP contribution in [0, 0.1) is 0 Å². The van der Waals surface area contributed by atoms with Crippen LogP contribution in [0.3, 0.4) is 0 Å². The van der Waals surface area contributed by atoms with Crippen molar-refractivity contribution < 1.29 is 30.3 Å². The highest BCUT2D eigenvalue weighted by atomic mass is 35.5. The van der Waals surface area contributed by atoms with Crippen LogP contribution in [0.15, 0.2) is 12.4 Å². The molecule has 5 nitrogen and oxygen atoms in total. The van der Waals surface area contributed by atoms with Crippen molar-refractivity contribution in [2.45, 2.75) is 19.8 Å². The summed E-state index contributed by atoms with van der Waals surface area (Å²) in [6, 6.07) is 0. The smallest absolute Gasteiger partial charge is 0.756 e. The summed E-state index contributed by atoms with van der Waals surface area (Å²) in [6.45, 7) is 2.15. The Bertz CT molecular complexity index is 334. The average molecular weight is 281 g/mol. The van der Waals surface area contributed by atoms with E-state index in [1.165, 1.54) is 0 Å². The zero-order valence-corrected chi connectivity index (χ0v) is 12.8. The summed E-state index contributed by atoms with van der Waals surface area (Å²) in [4.78, 5) is 0. The molecule has 1 rings (SSSR count). The molecule has 1 heterocycles. The number of aromatic nitrogens is 2. The molecule has 17 heavy (non-hydrogen) atoms. The summed E-state index contributed by atoms with van der Waals surface area (Å²) < 4.78 is 20.5. The molecule has 0 fully saturated rings. The minimum atomic E-state index is -2.76. The number of imidazole rings is 1. The van der Waals surface area contributed by atoms with Crippen LogP contribution in [0.4, 0.5) is 0 Å². The Morgan fingerprint density at radius 3 is 2.18 bits per heavy atom. The third-order valence-electron chi connectivity index (χ3n) is 2.67. The van der Waals surface area contributed by atoms with Gasteiger partial charge in [-0.05, 0) is 6.42 Å². The van der Waals surface area contributed by atoms with Crippen LogP contribution in [0.25, 0.3) is 0 Å². The maximum absolute atomic E-state index is 5.47. The maximum atomic E-state index is 5.47. The fourth-order valence-corrected chi connectivity index (χ4v) is 3.75. The fraction of sp³-hybridized carbons (Fsp3) is 0.700. The van der Waals surface area contributed by atoms with E-state index in [9.17, 15) is 0 Å². The number of rotatable bonds is 6. The first-order chi connectivity index (χ1) is 7.65. The molecule has 0 aliphatic rings. The van der Waals surface area contributed by atoms with Crippen molar-refractivity contribution in [3.8, 4) is 0 Å². The molecule has 7 heteroatoms. The molecule has 100 valence electrons. The fourth-order valence-electron chi connectivity index (χ4n) is 1.82. The third-order valence-corrected chi connectivity index (χ3v) is 5.21. The summed E-state index contributed by atoms with van der Waals surface area (Å²) in [6.07, 6.45) is 5.98. The molecule has 0 N–H and O–H groups in total. The Balaban J connectivity index is 0.00000256. The second kappa shape index (κ2) is 7.12. The van der Waals surface area contributed by atoms with Gasteiger partial charge < -0.3 is 25.7 Å². The van der Waals surface area contributed by atoms with Gasteiger partial charge in [-0.15, -0.1) is 0 Å². The number of hydrogen-bond donors (Lipinski definition) is 0. The van der Waals surface area contributed by atoms with E-state index in [1.807, 2.05) is 23.7 Å². The molecule has 0 amide bonds. The standard InChI is InChI=1S/C10H21N2O3Si.ClH/c1-6-7-10-11(2)8-9-12(10)16(13-3,14-4)15-5;/h8-9H,6-7H2,1-5H3;1H/q+1;/p-1. The minimum absolute atomic E-state index is 0. The SMILES string of the molecule is CCCc1n([Si](OC)(OC)OC)cc[n+]1C.[Cl-]. The molecule has 0 saturated carbocycles. The van der Waals surface area contributed by atoms with Gasteiger partial charge in [0, 0.05) is 27.8 Å². The Morgan fingerprint density at radius 2 is 1.76 bits per heavy atom. The quantitative estimate of drug-likeness (QED) is 0.427. The largest absolute Gasteiger partial charge is 1.00 e. The zero-order valence-electron chi connectivity index (χ0n) is 11.1. The molecule has 0 spiro atoms. The number of halogens is 1. The van der Waals surface area contributed by atoms with Crippen LogP contribution in [-0.4, -0.2) is 34.5 Å². The molecule has 0 atom stereocenters. The van der Waals surface area contributed by atoms with Crippen LogP contribution in [0.2, 0.25) is 0 Å². The van der Waals surface area contributed by atoms with Crippen molar-refractivity contribution in [2.75, 3.05) is 21.3 Å². The Labute approximate surface area is 110 Å². The Morgan fingerprint density at radius 1 is 1.24 bits per heavy atom. The number of hydrogen-bond acceptors (Lipinski definition) is 3. The van der Waals surface area contributed by atoms with E-state index >= 15 is 0 Å². The highest BCUT2D eigenvalue weighted by molar-refractivity contribution is 6.58. The van der Waals surface area contributed by atoms with Crippen molar-refractivity contribution >= 4 is 8.97 Å². The van der Waals surface area contributed by atoms with Gasteiger partial charge in [-0.25, -0.2) is 8.80 Å². The zero-order chi connectivity index (χ0) is 12.2. The van der Waals surface area contributed by atoms with E-state index in [2.05, 4.69) is 11.5 Å². The lowest BCUT2D eigenvalue weighted by molar-refractivity contribution is -0.678. The first kappa shape index (κ1) is 16.6. The van der Waals surface area contributed by atoms with Crippen LogP contribution in [-0.2, 0) is 26.7 Å². The van der Waals surface area contributed by atoms with Crippen molar-refractivity contribution in [3.05, 3.63) is 18.2 Å². The number of nitrogens with zero attached hydrogens (tertiary/aromatic N) is 2. The average Bonchev–Trinajstić information content (AvgIpc) is 2.66. The van der Waals surface area contributed by atoms with E-state index < -0.39 is 8.97 Å². The third kappa shape index (κ3) is 3.08. The maximum Gasteiger partial charge on any atom is 0.756 e. The Kier molecular flexibility index (Phi) is 6.96. The second-order valence-corrected chi connectivity index (χ2v) is 6.34. The van der Waals surface area contributed by atoms with Crippen molar-refractivity contribution in [1.29, 1.82) is 0 Å². The van der Waals surface area contributed by atoms with E-state index in [0.717, 1.165) is 18.7 Å². The lowest BCUT2D eigenvalue weighted by atomic mass is 10.3. The first-order valence-corrected chi connectivity index (χ1v) is 7.04. The van der Waals surface area contributed by atoms with Crippen molar-refractivity contribution in [1.82, 2.24) is 4.23 Å². The van der Waals surface area contributed by atoms with E-state index in [-0.39, 0.29) is 12.4 Å². The van der Waals surface area contributed by atoms with Gasteiger partial charge >= 0.3 is 8.97 Å². The van der Waals surface area contributed by atoms with Gasteiger partial charge in [0.2, 0.25) is 5.82 Å². The first-order valence-electron chi connectivity index (χ1n) is 5.37. The topological polar surface area (TPSA) is 36.5 Å². The van der Waals surface area contributed by atoms with E-state index in [0.29, 0.717) is 0 Å². The normalized spacial score (nSPS) is 11.4.